The number of benzene rings is 1. The van der Waals surface area contributed by atoms with Crippen molar-refractivity contribution in [3.8, 4) is 0 Å². The van der Waals surface area contributed by atoms with Crippen LogP contribution in [0.25, 0.3) is 0 Å². The highest BCUT2D eigenvalue weighted by molar-refractivity contribution is 5.98. The van der Waals surface area contributed by atoms with Gasteiger partial charge in [0, 0.05) is 5.56 Å². The summed E-state index contributed by atoms with van der Waals surface area (Å²) in [6.45, 7) is 1.96. The van der Waals surface area contributed by atoms with Crippen molar-refractivity contribution in [3.63, 3.8) is 0 Å². The van der Waals surface area contributed by atoms with Gasteiger partial charge in [0.2, 0.25) is 0 Å². The zero-order valence-corrected chi connectivity index (χ0v) is 8.99. The number of aliphatic carboxylic acids is 1. The Morgan fingerprint density at radius 2 is 2.25 bits per heavy atom. The molecule has 0 aromatic heterocycles. The Kier molecular flexibility index (Phi) is 2.64. The Labute approximate surface area is 93.3 Å². The fraction of sp³-hybridized carbons (Fsp3) is 0.333. The maximum atomic E-state index is 11.8. The van der Waals surface area contributed by atoms with Crippen LogP contribution in [0.15, 0.2) is 18.2 Å². The number of aryl methyl sites for hydroxylation is 2. The fourth-order valence-electron chi connectivity index (χ4n) is 1.94. The summed E-state index contributed by atoms with van der Waals surface area (Å²) in [7, 11) is 0. The van der Waals surface area contributed by atoms with Gasteiger partial charge in [-0.2, -0.15) is 0 Å². The van der Waals surface area contributed by atoms with Crippen molar-refractivity contribution in [1.29, 1.82) is 0 Å². The lowest BCUT2D eigenvalue weighted by molar-refractivity contribution is -0.139. The maximum absolute atomic E-state index is 11.8. The lowest BCUT2D eigenvalue weighted by Gasteiger charge is -2.09. The Morgan fingerprint density at radius 3 is 2.94 bits per heavy atom. The van der Waals surface area contributed by atoms with E-state index in [1.807, 2.05) is 19.1 Å². The minimum atomic E-state index is -0.974. The van der Waals surface area contributed by atoms with Gasteiger partial charge >= 0.3 is 5.97 Å². The molecule has 1 aromatic carbocycles. The molecule has 2 N–H and O–H groups in total. The van der Waals surface area contributed by atoms with Crippen molar-refractivity contribution in [3.05, 3.63) is 34.9 Å². The van der Waals surface area contributed by atoms with E-state index < -0.39 is 12.0 Å². The molecule has 0 spiro atoms. The quantitative estimate of drug-likeness (QED) is 0.744. The van der Waals surface area contributed by atoms with E-state index in [2.05, 4.69) is 5.32 Å². The highest BCUT2D eigenvalue weighted by Crippen LogP contribution is 2.18. The second-order valence-corrected chi connectivity index (χ2v) is 4.06. The molecule has 1 heterocycles. The number of carboxylic acids is 1. The smallest absolute Gasteiger partial charge is 0.326 e. The molecule has 0 radical (unpaired) electrons. The lowest BCUT2D eigenvalue weighted by atomic mass is 10.0. The first-order chi connectivity index (χ1) is 7.58. The number of hydrogen-bond donors (Lipinski definition) is 2. The van der Waals surface area contributed by atoms with E-state index in [1.165, 1.54) is 0 Å². The van der Waals surface area contributed by atoms with Crippen molar-refractivity contribution >= 4 is 11.9 Å². The molecular formula is C12H13NO3. The van der Waals surface area contributed by atoms with Gasteiger partial charge in [0.15, 0.2) is 0 Å². The largest absolute Gasteiger partial charge is 0.480 e. The van der Waals surface area contributed by atoms with Crippen molar-refractivity contribution in [2.75, 3.05) is 0 Å². The predicted molar refractivity (Wildman–Crippen MR) is 58.4 cm³/mol. The summed E-state index contributed by atoms with van der Waals surface area (Å²) in [6, 6.07) is 4.78. The first kappa shape index (κ1) is 10.7. The lowest BCUT2D eigenvalue weighted by Crippen LogP contribution is -2.39. The topological polar surface area (TPSA) is 66.4 Å². The van der Waals surface area contributed by atoms with E-state index in [0.29, 0.717) is 18.4 Å². The van der Waals surface area contributed by atoms with E-state index in [1.54, 1.807) is 6.07 Å². The molecule has 1 aromatic rings. The zero-order chi connectivity index (χ0) is 11.7. The van der Waals surface area contributed by atoms with Crippen LogP contribution in [0.5, 0.6) is 0 Å². The molecule has 0 aliphatic carbocycles. The minimum Gasteiger partial charge on any atom is -0.480 e. The number of carboxylic acid groups (broad SMARTS) is 1. The molecule has 1 aliphatic rings. The number of amides is 1. The van der Waals surface area contributed by atoms with Crippen LogP contribution in [-0.4, -0.2) is 23.0 Å². The molecule has 1 atom stereocenters. The molecule has 16 heavy (non-hydrogen) atoms. The summed E-state index contributed by atoms with van der Waals surface area (Å²) in [4.78, 5) is 22.6. The average molecular weight is 219 g/mol. The van der Waals surface area contributed by atoms with Crippen molar-refractivity contribution < 1.29 is 14.7 Å². The number of nitrogens with one attached hydrogen (secondary N) is 1. The third kappa shape index (κ3) is 1.91. The van der Waals surface area contributed by atoms with Gasteiger partial charge in [0.25, 0.3) is 5.91 Å². The van der Waals surface area contributed by atoms with E-state index in [-0.39, 0.29) is 5.91 Å². The molecule has 1 unspecified atom stereocenters. The Bertz CT molecular complexity index is 454. The minimum absolute atomic E-state index is 0.292. The molecule has 0 fully saturated rings. The molecule has 0 saturated heterocycles. The number of hydrogen-bond acceptors (Lipinski definition) is 2. The second-order valence-electron chi connectivity index (χ2n) is 4.06. The summed E-state index contributed by atoms with van der Waals surface area (Å²) < 4.78 is 0. The van der Waals surface area contributed by atoms with Crippen LogP contribution in [0.3, 0.4) is 0 Å². The summed E-state index contributed by atoms with van der Waals surface area (Å²) in [5.41, 5.74) is 2.61. The number of fused-ring (bicyclic) bond motifs is 1. The van der Waals surface area contributed by atoms with Gasteiger partial charge in [-0.15, -0.1) is 0 Å². The van der Waals surface area contributed by atoms with Crippen molar-refractivity contribution in [2.45, 2.75) is 25.8 Å². The van der Waals surface area contributed by atoms with E-state index >= 15 is 0 Å². The van der Waals surface area contributed by atoms with E-state index in [9.17, 15) is 9.59 Å². The van der Waals surface area contributed by atoms with Gasteiger partial charge in [0.1, 0.15) is 6.04 Å². The summed E-state index contributed by atoms with van der Waals surface area (Å²) >= 11 is 0. The Morgan fingerprint density at radius 1 is 1.50 bits per heavy atom. The first-order valence-corrected chi connectivity index (χ1v) is 5.21. The molecule has 84 valence electrons. The summed E-state index contributed by atoms with van der Waals surface area (Å²) in [5.74, 6) is -1.27. The highest BCUT2D eigenvalue weighted by atomic mass is 16.4. The third-order valence-electron chi connectivity index (χ3n) is 2.81. The van der Waals surface area contributed by atoms with Crippen molar-refractivity contribution in [2.24, 2.45) is 0 Å². The van der Waals surface area contributed by atoms with Crippen LogP contribution >= 0.6 is 0 Å². The van der Waals surface area contributed by atoms with E-state index in [4.69, 9.17) is 5.11 Å². The summed E-state index contributed by atoms with van der Waals surface area (Å²) in [5, 5.41) is 11.4. The van der Waals surface area contributed by atoms with Crippen molar-refractivity contribution in [1.82, 2.24) is 5.32 Å². The normalized spacial score (nSPS) is 19.6. The molecule has 1 amide bonds. The van der Waals surface area contributed by atoms with Gasteiger partial charge in [-0.1, -0.05) is 17.7 Å². The number of carbonyl (C=O) groups is 2. The Balaban J connectivity index is 2.35. The standard InChI is InChI=1S/C12H13NO3/c1-7-2-4-9-8(6-7)3-5-10(12(15)16)13-11(9)14/h2,4,6,10H,3,5H2,1H3,(H,13,14)(H,15,16). The van der Waals surface area contributed by atoms with Crippen LogP contribution in [0.4, 0.5) is 0 Å². The van der Waals surface area contributed by atoms with Crippen LogP contribution < -0.4 is 5.32 Å². The van der Waals surface area contributed by atoms with Gasteiger partial charge < -0.3 is 10.4 Å². The number of carbonyl (C=O) groups excluding carboxylic acids is 1. The Hall–Kier alpha value is -1.84. The predicted octanol–water partition coefficient (Wildman–Crippen LogP) is 1.12. The second kappa shape index (κ2) is 3.96. The highest BCUT2D eigenvalue weighted by Gasteiger charge is 2.25. The van der Waals surface area contributed by atoms with Gasteiger partial charge in [-0.25, -0.2) is 4.79 Å². The summed E-state index contributed by atoms with van der Waals surface area (Å²) in [6.07, 6.45) is 1.06. The zero-order valence-electron chi connectivity index (χ0n) is 8.99. The molecular weight excluding hydrogens is 206 g/mol. The van der Waals surface area contributed by atoms with Crippen LogP contribution in [0.1, 0.15) is 27.9 Å². The SMILES string of the molecule is Cc1ccc2c(c1)CCC(C(=O)O)NC2=O. The molecule has 4 nitrogen and oxygen atoms in total. The number of rotatable bonds is 1. The molecule has 0 bridgehead atoms. The van der Waals surface area contributed by atoms with Gasteiger partial charge in [-0.3, -0.25) is 4.79 Å². The molecule has 2 rings (SSSR count). The molecule has 1 aliphatic heterocycles. The van der Waals surface area contributed by atoms with E-state index in [0.717, 1.165) is 11.1 Å². The van der Waals surface area contributed by atoms with Crippen LogP contribution in [0, 0.1) is 6.92 Å². The van der Waals surface area contributed by atoms with Gasteiger partial charge in [-0.05, 0) is 31.4 Å². The van der Waals surface area contributed by atoms with Crippen LogP contribution in [0.2, 0.25) is 0 Å². The fourth-order valence-corrected chi connectivity index (χ4v) is 1.94. The maximum Gasteiger partial charge on any atom is 0.326 e. The average Bonchev–Trinajstić information content (AvgIpc) is 2.38. The molecule has 0 saturated carbocycles. The molecule has 4 heteroatoms. The monoisotopic (exact) mass is 219 g/mol. The first-order valence-electron chi connectivity index (χ1n) is 5.21. The van der Waals surface area contributed by atoms with Crippen LogP contribution in [-0.2, 0) is 11.2 Å². The van der Waals surface area contributed by atoms with Gasteiger partial charge in [0.05, 0.1) is 0 Å². The third-order valence-corrected chi connectivity index (χ3v) is 2.81.